The normalized spacial score (nSPS) is 10.2. The molecule has 0 aromatic heterocycles. The molecule has 18 heavy (non-hydrogen) atoms. The molecular formula is C13H18F2N2O. The molecule has 0 aliphatic rings. The van der Waals surface area contributed by atoms with Crippen LogP contribution in [-0.4, -0.2) is 19.5 Å². The molecule has 0 radical (unpaired) electrons. The zero-order chi connectivity index (χ0) is 13.5. The van der Waals surface area contributed by atoms with E-state index in [0.717, 1.165) is 31.4 Å². The first-order valence-corrected chi connectivity index (χ1v) is 6.05. The third kappa shape index (κ3) is 3.68. The number of amides is 1. The van der Waals surface area contributed by atoms with Gasteiger partial charge in [-0.25, -0.2) is 8.78 Å². The van der Waals surface area contributed by atoms with E-state index in [1.807, 2.05) is 0 Å². The van der Waals surface area contributed by atoms with Crippen molar-refractivity contribution in [3.8, 4) is 0 Å². The average molecular weight is 256 g/mol. The molecule has 2 N–H and O–H groups in total. The molecule has 1 amide bonds. The second-order valence-electron chi connectivity index (χ2n) is 4.03. The van der Waals surface area contributed by atoms with Crippen molar-refractivity contribution in [1.29, 1.82) is 0 Å². The van der Waals surface area contributed by atoms with Crippen LogP contribution in [0, 0.1) is 11.6 Å². The number of hydrogen-bond acceptors (Lipinski definition) is 2. The van der Waals surface area contributed by atoms with E-state index in [1.165, 1.54) is 7.05 Å². The molecular weight excluding hydrogens is 238 g/mol. The van der Waals surface area contributed by atoms with Crippen LogP contribution in [0.25, 0.3) is 0 Å². The minimum absolute atomic E-state index is 0.000462. The van der Waals surface area contributed by atoms with Gasteiger partial charge in [0, 0.05) is 19.2 Å². The van der Waals surface area contributed by atoms with Crippen molar-refractivity contribution in [1.82, 2.24) is 5.32 Å². The van der Waals surface area contributed by atoms with Crippen molar-refractivity contribution in [2.24, 2.45) is 0 Å². The van der Waals surface area contributed by atoms with Crippen molar-refractivity contribution in [3.63, 3.8) is 0 Å². The summed E-state index contributed by atoms with van der Waals surface area (Å²) in [4.78, 5) is 11.6. The highest BCUT2D eigenvalue weighted by atomic mass is 19.1. The van der Waals surface area contributed by atoms with E-state index >= 15 is 0 Å². The second-order valence-corrected chi connectivity index (χ2v) is 4.03. The second kappa shape index (κ2) is 6.93. The molecule has 5 heteroatoms. The summed E-state index contributed by atoms with van der Waals surface area (Å²) in [6.45, 7) is 2.58. The number of unbranched alkanes of at least 4 members (excludes halogenated alkanes) is 2. The fraction of sp³-hybridized carbons (Fsp3) is 0.462. The van der Waals surface area contributed by atoms with Crippen molar-refractivity contribution in [2.75, 3.05) is 18.9 Å². The fourth-order valence-electron chi connectivity index (χ4n) is 1.62. The molecule has 0 saturated carbocycles. The first-order valence-electron chi connectivity index (χ1n) is 6.05. The zero-order valence-electron chi connectivity index (χ0n) is 10.6. The summed E-state index contributed by atoms with van der Waals surface area (Å²) in [6.07, 6.45) is 2.93. The van der Waals surface area contributed by atoms with Crippen LogP contribution >= 0.6 is 0 Å². The maximum atomic E-state index is 13.4. The largest absolute Gasteiger partial charge is 0.383 e. The van der Waals surface area contributed by atoms with Crippen LogP contribution in [0.15, 0.2) is 12.1 Å². The number of anilines is 1. The minimum Gasteiger partial charge on any atom is -0.383 e. The van der Waals surface area contributed by atoms with Crippen LogP contribution in [0.3, 0.4) is 0 Å². The highest BCUT2D eigenvalue weighted by Gasteiger charge is 2.13. The molecule has 0 heterocycles. The minimum atomic E-state index is -0.767. The third-order valence-corrected chi connectivity index (χ3v) is 2.62. The summed E-state index contributed by atoms with van der Waals surface area (Å²) in [7, 11) is 1.42. The Morgan fingerprint density at radius 1 is 1.22 bits per heavy atom. The molecule has 0 fully saturated rings. The molecule has 0 spiro atoms. The molecule has 0 atom stereocenters. The Kier molecular flexibility index (Phi) is 5.55. The van der Waals surface area contributed by atoms with E-state index in [1.54, 1.807) is 0 Å². The Hall–Kier alpha value is -1.65. The van der Waals surface area contributed by atoms with Crippen molar-refractivity contribution in [2.45, 2.75) is 26.2 Å². The van der Waals surface area contributed by atoms with Gasteiger partial charge in [-0.2, -0.15) is 0 Å². The van der Waals surface area contributed by atoms with Gasteiger partial charge in [0.2, 0.25) is 0 Å². The molecule has 100 valence electrons. The maximum absolute atomic E-state index is 13.4. The predicted molar refractivity (Wildman–Crippen MR) is 67.8 cm³/mol. The monoisotopic (exact) mass is 256 g/mol. The third-order valence-electron chi connectivity index (χ3n) is 2.62. The molecule has 1 aromatic carbocycles. The highest BCUT2D eigenvalue weighted by molar-refractivity contribution is 5.94. The molecule has 0 saturated heterocycles. The Morgan fingerprint density at radius 2 is 1.83 bits per heavy atom. The van der Waals surface area contributed by atoms with Crippen LogP contribution in [0.4, 0.5) is 14.5 Å². The summed E-state index contributed by atoms with van der Waals surface area (Å²) in [5.74, 6) is -1.99. The van der Waals surface area contributed by atoms with Crippen LogP contribution in [0.1, 0.15) is 36.5 Å². The number of rotatable bonds is 6. The van der Waals surface area contributed by atoms with Gasteiger partial charge in [0.25, 0.3) is 5.91 Å². The number of carbonyl (C=O) groups is 1. The topological polar surface area (TPSA) is 41.1 Å². The van der Waals surface area contributed by atoms with Gasteiger partial charge in [0.05, 0.1) is 0 Å². The summed E-state index contributed by atoms with van der Waals surface area (Å²) in [6, 6.07) is 2.06. The van der Waals surface area contributed by atoms with Gasteiger partial charge in [0.1, 0.15) is 17.3 Å². The predicted octanol–water partition coefficient (Wildman–Crippen LogP) is 2.93. The molecule has 3 nitrogen and oxygen atoms in total. The lowest BCUT2D eigenvalue weighted by Crippen LogP contribution is -2.24. The smallest absolute Gasteiger partial charge is 0.251 e. The highest BCUT2D eigenvalue weighted by Crippen LogP contribution is 2.20. The van der Waals surface area contributed by atoms with Gasteiger partial charge < -0.3 is 10.6 Å². The first kappa shape index (κ1) is 14.4. The molecule has 0 unspecified atom stereocenters. The lowest BCUT2D eigenvalue weighted by Gasteiger charge is -2.08. The van der Waals surface area contributed by atoms with Crippen LogP contribution in [-0.2, 0) is 0 Å². The van der Waals surface area contributed by atoms with Gasteiger partial charge >= 0.3 is 0 Å². The van der Waals surface area contributed by atoms with E-state index < -0.39 is 17.5 Å². The zero-order valence-corrected chi connectivity index (χ0v) is 10.6. The molecule has 0 bridgehead atoms. The molecule has 0 aliphatic carbocycles. The number of hydrogen-bond donors (Lipinski definition) is 2. The fourth-order valence-corrected chi connectivity index (χ4v) is 1.62. The van der Waals surface area contributed by atoms with E-state index in [0.29, 0.717) is 6.54 Å². The van der Waals surface area contributed by atoms with E-state index in [4.69, 9.17) is 0 Å². The summed E-state index contributed by atoms with van der Waals surface area (Å²) in [5.41, 5.74) is -0.224. The van der Waals surface area contributed by atoms with Crippen molar-refractivity contribution >= 4 is 11.6 Å². The van der Waals surface area contributed by atoms with Gasteiger partial charge in [-0.3, -0.25) is 4.79 Å². The van der Waals surface area contributed by atoms with Crippen LogP contribution in [0.5, 0.6) is 0 Å². The lowest BCUT2D eigenvalue weighted by atomic mass is 10.1. The molecule has 0 aliphatic heterocycles. The standard InChI is InChI=1S/C13H18F2N2O/c1-3-4-5-6-17-13(18)9-7-10(14)12(16-2)11(15)8-9/h7-8,16H,3-6H2,1-2H3,(H,17,18). The Morgan fingerprint density at radius 3 is 2.33 bits per heavy atom. The van der Waals surface area contributed by atoms with Gasteiger partial charge in [-0.05, 0) is 18.6 Å². The number of carbonyl (C=O) groups excluding carboxylic acids is 1. The number of benzene rings is 1. The summed E-state index contributed by atoms with van der Waals surface area (Å²) < 4.78 is 26.9. The molecule has 1 rings (SSSR count). The van der Waals surface area contributed by atoms with Gasteiger partial charge in [-0.1, -0.05) is 19.8 Å². The quantitative estimate of drug-likeness (QED) is 0.768. The molecule has 1 aromatic rings. The first-order chi connectivity index (χ1) is 8.60. The average Bonchev–Trinajstić information content (AvgIpc) is 2.34. The summed E-state index contributed by atoms with van der Waals surface area (Å²) >= 11 is 0. The van der Waals surface area contributed by atoms with Gasteiger partial charge in [-0.15, -0.1) is 0 Å². The van der Waals surface area contributed by atoms with Gasteiger partial charge in [0.15, 0.2) is 0 Å². The number of nitrogens with one attached hydrogen (secondary N) is 2. The Balaban J connectivity index is 2.69. The SMILES string of the molecule is CCCCCNC(=O)c1cc(F)c(NC)c(F)c1. The van der Waals surface area contributed by atoms with E-state index in [9.17, 15) is 13.6 Å². The van der Waals surface area contributed by atoms with Crippen molar-refractivity contribution < 1.29 is 13.6 Å². The summed E-state index contributed by atoms with van der Waals surface area (Å²) in [5, 5.41) is 5.04. The Labute approximate surface area is 106 Å². The lowest BCUT2D eigenvalue weighted by molar-refractivity contribution is 0.0952. The maximum Gasteiger partial charge on any atom is 0.251 e. The van der Waals surface area contributed by atoms with Crippen molar-refractivity contribution in [3.05, 3.63) is 29.3 Å². The van der Waals surface area contributed by atoms with E-state index in [2.05, 4.69) is 17.6 Å². The van der Waals surface area contributed by atoms with Crippen LogP contribution in [0.2, 0.25) is 0 Å². The number of halogens is 2. The van der Waals surface area contributed by atoms with E-state index in [-0.39, 0.29) is 11.3 Å². The van der Waals surface area contributed by atoms with Crippen LogP contribution < -0.4 is 10.6 Å². The Bertz CT molecular complexity index is 398.